The van der Waals surface area contributed by atoms with Crippen molar-refractivity contribution >= 4 is 17.4 Å². The number of aromatic amines is 1. The molecule has 32 heavy (non-hydrogen) atoms. The van der Waals surface area contributed by atoms with Gasteiger partial charge < -0.3 is 15.2 Å². The largest absolute Gasteiger partial charge is 0.383 e. The van der Waals surface area contributed by atoms with Crippen LogP contribution in [0.4, 0.5) is 11.5 Å². The molecule has 176 valence electrons. The summed E-state index contributed by atoms with van der Waals surface area (Å²) in [6.07, 6.45) is 1.62. The number of nitrogens with one attached hydrogen (secondary N) is 1. The minimum Gasteiger partial charge on any atom is -0.383 e. The number of hydrogen-bond acceptors (Lipinski definition) is 8. The molecule has 1 aliphatic heterocycles. The number of rotatable bonds is 9. The van der Waals surface area contributed by atoms with Crippen LogP contribution in [0.1, 0.15) is 38.1 Å². The SMILES string of the molecule is CCCCn1c(N)c(N(CC)C(=O)CN2CCN(Cc3cc(C)on3)CC2)c(=O)[nH]c1=O. The quantitative estimate of drug-likeness (QED) is 0.564. The topological polar surface area (TPSA) is 134 Å². The lowest BCUT2D eigenvalue weighted by Gasteiger charge is -2.35. The zero-order valence-corrected chi connectivity index (χ0v) is 19.1. The predicted molar refractivity (Wildman–Crippen MR) is 122 cm³/mol. The number of nitrogens with zero attached hydrogens (tertiary/aromatic N) is 5. The zero-order valence-electron chi connectivity index (χ0n) is 19.1. The first-order chi connectivity index (χ1) is 15.3. The molecule has 1 amide bonds. The minimum absolute atomic E-state index is 0.0372. The Bertz CT molecular complexity index is 1030. The van der Waals surface area contributed by atoms with Crippen molar-refractivity contribution in [2.75, 3.05) is 49.9 Å². The fourth-order valence-corrected chi connectivity index (χ4v) is 3.94. The van der Waals surface area contributed by atoms with Gasteiger partial charge in [-0.15, -0.1) is 0 Å². The number of amides is 1. The van der Waals surface area contributed by atoms with Gasteiger partial charge in [0.1, 0.15) is 11.6 Å². The molecule has 11 heteroatoms. The van der Waals surface area contributed by atoms with E-state index in [1.807, 2.05) is 19.9 Å². The molecule has 0 saturated carbocycles. The molecular formula is C21H33N7O4. The smallest absolute Gasteiger partial charge is 0.330 e. The van der Waals surface area contributed by atoms with Crippen molar-refractivity contribution in [3.63, 3.8) is 0 Å². The van der Waals surface area contributed by atoms with Crippen LogP contribution in [0, 0.1) is 6.92 Å². The Hall–Kier alpha value is -2.92. The first-order valence-corrected chi connectivity index (χ1v) is 11.1. The van der Waals surface area contributed by atoms with Crippen LogP contribution in [0.25, 0.3) is 0 Å². The van der Waals surface area contributed by atoms with Crippen LogP contribution >= 0.6 is 0 Å². The number of unbranched alkanes of at least 4 members (excludes halogenated alkanes) is 1. The molecule has 1 fully saturated rings. The van der Waals surface area contributed by atoms with E-state index in [0.717, 1.165) is 50.5 Å². The molecule has 11 nitrogen and oxygen atoms in total. The Balaban J connectivity index is 1.65. The van der Waals surface area contributed by atoms with Crippen molar-refractivity contribution in [1.29, 1.82) is 0 Å². The van der Waals surface area contributed by atoms with Gasteiger partial charge >= 0.3 is 5.69 Å². The second-order valence-electron chi connectivity index (χ2n) is 8.12. The number of H-pyrrole nitrogens is 1. The first kappa shape index (κ1) is 23.7. The van der Waals surface area contributed by atoms with Gasteiger partial charge in [0.25, 0.3) is 5.56 Å². The molecule has 3 rings (SSSR count). The Morgan fingerprint density at radius 3 is 2.50 bits per heavy atom. The van der Waals surface area contributed by atoms with Crippen molar-refractivity contribution < 1.29 is 9.32 Å². The summed E-state index contributed by atoms with van der Waals surface area (Å²) in [7, 11) is 0. The van der Waals surface area contributed by atoms with Crippen LogP contribution in [0.3, 0.4) is 0 Å². The summed E-state index contributed by atoms with van der Waals surface area (Å²) in [4.78, 5) is 45.8. The lowest BCUT2D eigenvalue weighted by Crippen LogP contribution is -2.50. The molecule has 1 aliphatic rings. The molecule has 0 aromatic carbocycles. The Morgan fingerprint density at radius 2 is 1.91 bits per heavy atom. The number of nitrogens with two attached hydrogens (primary N) is 1. The van der Waals surface area contributed by atoms with Crippen molar-refractivity contribution in [1.82, 2.24) is 24.5 Å². The number of carbonyl (C=O) groups excluding carboxylic acids is 1. The molecule has 2 aromatic rings. The second kappa shape index (κ2) is 10.6. The molecule has 2 aromatic heterocycles. The lowest BCUT2D eigenvalue weighted by molar-refractivity contribution is -0.120. The van der Waals surface area contributed by atoms with Gasteiger partial charge in [0.2, 0.25) is 5.91 Å². The van der Waals surface area contributed by atoms with Gasteiger partial charge in [-0.3, -0.25) is 28.9 Å². The van der Waals surface area contributed by atoms with E-state index in [1.165, 1.54) is 9.47 Å². The summed E-state index contributed by atoms with van der Waals surface area (Å²) >= 11 is 0. The van der Waals surface area contributed by atoms with E-state index < -0.39 is 11.2 Å². The van der Waals surface area contributed by atoms with E-state index in [2.05, 4.69) is 19.9 Å². The highest BCUT2D eigenvalue weighted by Crippen LogP contribution is 2.18. The fourth-order valence-electron chi connectivity index (χ4n) is 3.94. The van der Waals surface area contributed by atoms with Gasteiger partial charge in [-0.2, -0.15) is 0 Å². The Kier molecular flexibility index (Phi) is 7.86. The van der Waals surface area contributed by atoms with Crippen molar-refractivity contribution in [2.45, 2.75) is 46.7 Å². The number of aryl methyl sites for hydroxylation is 1. The maximum absolute atomic E-state index is 13.1. The molecule has 1 saturated heterocycles. The molecule has 0 radical (unpaired) electrons. The fraction of sp³-hybridized carbons (Fsp3) is 0.619. The number of nitrogen functional groups attached to an aromatic ring is 1. The van der Waals surface area contributed by atoms with Crippen LogP contribution in [-0.4, -0.2) is 69.7 Å². The van der Waals surface area contributed by atoms with Gasteiger partial charge in [0.05, 0.1) is 12.2 Å². The van der Waals surface area contributed by atoms with Crippen LogP contribution in [0.15, 0.2) is 20.2 Å². The van der Waals surface area contributed by atoms with Crippen LogP contribution in [-0.2, 0) is 17.9 Å². The first-order valence-electron chi connectivity index (χ1n) is 11.1. The molecule has 0 bridgehead atoms. The summed E-state index contributed by atoms with van der Waals surface area (Å²) < 4.78 is 6.45. The van der Waals surface area contributed by atoms with E-state index in [1.54, 1.807) is 6.92 Å². The number of carbonyl (C=O) groups is 1. The molecule has 0 aliphatic carbocycles. The molecule has 3 N–H and O–H groups in total. The van der Waals surface area contributed by atoms with Gasteiger partial charge in [0.15, 0.2) is 5.69 Å². The zero-order chi connectivity index (χ0) is 23.3. The van der Waals surface area contributed by atoms with Gasteiger partial charge in [-0.05, 0) is 20.3 Å². The highest BCUT2D eigenvalue weighted by Gasteiger charge is 2.26. The average Bonchev–Trinajstić information content (AvgIpc) is 3.16. The maximum Gasteiger partial charge on any atom is 0.330 e. The summed E-state index contributed by atoms with van der Waals surface area (Å²) in [5, 5.41) is 4.03. The highest BCUT2D eigenvalue weighted by molar-refractivity contribution is 5.96. The Morgan fingerprint density at radius 1 is 1.22 bits per heavy atom. The molecule has 0 atom stereocenters. The third kappa shape index (κ3) is 5.46. The van der Waals surface area contributed by atoms with E-state index in [4.69, 9.17) is 10.3 Å². The molecular weight excluding hydrogens is 414 g/mol. The van der Waals surface area contributed by atoms with Crippen molar-refractivity contribution in [3.05, 3.63) is 38.4 Å². The monoisotopic (exact) mass is 447 g/mol. The van der Waals surface area contributed by atoms with E-state index in [9.17, 15) is 14.4 Å². The van der Waals surface area contributed by atoms with Gasteiger partial charge in [-0.1, -0.05) is 18.5 Å². The summed E-state index contributed by atoms with van der Waals surface area (Å²) in [6, 6.07) is 1.93. The third-order valence-electron chi connectivity index (χ3n) is 5.72. The van der Waals surface area contributed by atoms with Crippen molar-refractivity contribution in [2.24, 2.45) is 0 Å². The van der Waals surface area contributed by atoms with E-state index in [0.29, 0.717) is 13.1 Å². The number of aromatic nitrogens is 3. The Labute approximate surface area is 186 Å². The number of hydrogen-bond donors (Lipinski definition) is 2. The molecule has 0 unspecified atom stereocenters. The minimum atomic E-state index is -0.636. The number of piperazine rings is 1. The average molecular weight is 448 g/mol. The standard InChI is InChI=1S/C21H33N7O4/c1-4-6-7-28-19(22)18(20(30)23-21(28)31)27(5-2)17(29)14-26-10-8-25(9-11-26)13-16-12-15(3)32-24-16/h12H,4-11,13-14,22H2,1-3H3,(H,23,30,31). The van der Waals surface area contributed by atoms with E-state index >= 15 is 0 Å². The van der Waals surface area contributed by atoms with Crippen LogP contribution in [0.2, 0.25) is 0 Å². The predicted octanol–water partition coefficient (Wildman–Crippen LogP) is 0.386. The van der Waals surface area contributed by atoms with Gasteiger partial charge in [-0.25, -0.2) is 4.79 Å². The van der Waals surface area contributed by atoms with Crippen LogP contribution < -0.4 is 21.9 Å². The second-order valence-corrected chi connectivity index (χ2v) is 8.12. The van der Waals surface area contributed by atoms with E-state index in [-0.39, 0.29) is 30.5 Å². The van der Waals surface area contributed by atoms with Crippen LogP contribution in [0.5, 0.6) is 0 Å². The molecule has 3 heterocycles. The summed E-state index contributed by atoms with van der Waals surface area (Å²) in [6.45, 7) is 10.3. The number of likely N-dealkylation sites (N-methyl/N-ethyl adjacent to an activating group) is 1. The third-order valence-corrected chi connectivity index (χ3v) is 5.72. The van der Waals surface area contributed by atoms with Gasteiger partial charge in [0, 0.05) is 51.9 Å². The lowest BCUT2D eigenvalue weighted by atomic mass is 10.2. The highest BCUT2D eigenvalue weighted by atomic mass is 16.5. The summed E-state index contributed by atoms with van der Waals surface area (Å²) in [5.74, 6) is 0.611. The maximum atomic E-state index is 13.1. The van der Waals surface area contributed by atoms with Crippen molar-refractivity contribution in [3.8, 4) is 0 Å². The summed E-state index contributed by atoms with van der Waals surface area (Å²) in [5.41, 5.74) is 5.95. The number of anilines is 2. The molecule has 0 spiro atoms. The normalized spacial score (nSPS) is 15.2.